The van der Waals surface area contributed by atoms with Gasteiger partial charge in [-0.1, -0.05) is 0 Å². The molecule has 6 heteroatoms. The van der Waals surface area contributed by atoms with Gasteiger partial charge < -0.3 is 9.84 Å². The number of hydrogen-bond donors (Lipinski definition) is 1. The van der Waals surface area contributed by atoms with Gasteiger partial charge in [0.15, 0.2) is 11.5 Å². The van der Waals surface area contributed by atoms with E-state index in [1.165, 1.54) is 18.5 Å². The Hall–Kier alpha value is -2.37. The van der Waals surface area contributed by atoms with Gasteiger partial charge in [-0.3, -0.25) is 9.67 Å². The van der Waals surface area contributed by atoms with Crippen molar-refractivity contribution in [2.24, 2.45) is 7.05 Å². The molecule has 0 amide bonds. The Morgan fingerprint density at radius 1 is 1.44 bits per heavy atom. The van der Waals surface area contributed by atoms with Crippen molar-refractivity contribution in [3.05, 3.63) is 35.4 Å². The number of aryl methyl sites for hydroxylation is 2. The van der Waals surface area contributed by atoms with Crippen LogP contribution in [0.3, 0.4) is 0 Å². The first-order valence-electron chi connectivity index (χ1n) is 5.36. The standard InChI is InChI=1S/C12H13N3O3/c1-7-11(8(2)15(3)14-7)18-10-6-13-5-4-9(10)12(16)17/h4-6H,1-3H3,(H,16,17). The van der Waals surface area contributed by atoms with Crippen molar-refractivity contribution in [2.45, 2.75) is 13.8 Å². The molecule has 0 aliphatic carbocycles. The van der Waals surface area contributed by atoms with Gasteiger partial charge in [0.1, 0.15) is 11.3 Å². The molecule has 0 saturated heterocycles. The molecule has 0 spiro atoms. The fourth-order valence-corrected chi connectivity index (χ4v) is 1.65. The molecule has 2 aromatic heterocycles. The van der Waals surface area contributed by atoms with E-state index in [1.807, 2.05) is 6.92 Å². The van der Waals surface area contributed by atoms with Crippen molar-refractivity contribution < 1.29 is 14.6 Å². The van der Waals surface area contributed by atoms with Crippen molar-refractivity contribution >= 4 is 5.97 Å². The van der Waals surface area contributed by atoms with Gasteiger partial charge in [-0.15, -0.1) is 0 Å². The summed E-state index contributed by atoms with van der Waals surface area (Å²) >= 11 is 0. The summed E-state index contributed by atoms with van der Waals surface area (Å²) in [6.45, 7) is 3.66. The second-order valence-electron chi connectivity index (χ2n) is 3.90. The van der Waals surface area contributed by atoms with Crippen LogP contribution in [-0.4, -0.2) is 25.8 Å². The molecule has 2 aromatic rings. The molecule has 0 unspecified atom stereocenters. The number of carboxylic acid groups (broad SMARTS) is 1. The van der Waals surface area contributed by atoms with Crippen LogP contribution in [0.5, 0.6) is 11.5 Å². The molecule has 0 saturated carbocycles. The molecule has 6 nitrogen and oxygen atoms in total. The van der Waals surface area contributed by atoms with Gasteiger partial charge in [0, 0.05) is 13.2 Å². The lowest BCUT2D eigenvalue weighted by atomic mass is 10.2. The molecule has 0 aliphatic heterocycles. The van der Waals surface area contributed by atoms with Crippen molar-refractivity contribution in [2.75, 3.05) is 0 Å². The van der Waals surface area contributed by atoms with E-state index < -0.39 is 5.97 Å². The molecule has 0 aromatic carbocycles. The van der Waals surface area contributed by atoms with Crippen molar-refractivity contribution in [3.63, 3.8) is 0 Å². The van der Waals surface area contributed by atoms with Crippen LogP contribution in [0.1, 0.15) is 21.7 Å². The normalized spacial score (nSPS) is 10.4. The SMILES string of the molecule is Cc1nn(C)c(C)c1Oc1cnccc1C(=O)O. The molecule has 94 valence electrons. The summed E-state index contributed by atoms with van der Waals surface area (Å²) in [5, 5.41) is 13.3. The van der Waals surface area contributed by atoms with E-state index in [1.54, 1.807) is 18.7 Å². The first-order valence-corrected chi connectivity index (χ1v) is 5.36. The molecule has 2 heterocycles. The fraction of sp³-hybridized carbons (Fsp3) is 0.250. The number of ether oxygens (including phenoxy) is 1. The Balaban J connectivity index is 2.43. The number of aromatic nitrogens is 3. The zero-order valence-electron chi connectivity index (χ0n) is 10.3. The second-order valence-corrected chi connectivity index (χ2v) is 3.90. The molecule has 1 N–H and O–H groups in total. The van der Waals surface area contributed by atoms with Crippen LogP contribution in [-0.2, 0) is 7.05 Å². The number of carboxylic acids is 1. The zero-order chi connectivity index (χ0) is 13.3. The summed E-state index contributed by atoms with van der Waals surface area (Å²) in [5.74, 6) is -0.274. The first kappa shape index (κ1) is 12.1. The third-order valence-electron chi connectivity index (χ3n) is 2.67. The summed E-state index contributed by atoms with van der Waals surface area (Å²) in [6.07, 6.45) is 2.80. The monoisotopic (exact) mass is 247 g/mol. The largest absolute Gasteiger partial charge is 0.478 e. The molecule has 0 radical (unpaired) electrons. The lowest BCUT2D eigenvalue weighted by molar-refractivity contribution is 0.0694. The lowest BCUT2D eigenvalue weighted by Gasteiger charge is -2.08. The van der Waals surface area contributed by atoms with Crippen molar-refractivity contribution in [3.8, 4) is 11.5 Å². The first-order chi connectivity index (χ1) is 8.50. The predicted molar refractivity (Wildman–Crippen MR) is 64.0 cm³/mol. The maximum Gasteiger partial charge on any atom is 0.339 e. The van der Waals surface area contributed by atoms with E-state index in [0.29, 0.717) is 11.4 Å². The summed E-state index contributed by atoms with van der Waals surface area (Å²) in [6, 6.07) is 1.40. The van der Waals surface area contributed by atoms with Crippen LogP contribution in [0.15, 0.2) is 18.5 Å². The highest BCUT2D eigenvalue weighted by Gasteiger charge is 2.16. The Labute approximate surface area is 104 Å². The van der Waals surface area contributed by atoms with Gasteiger partial charge in [0.2, 0.25) is 0 Å². The minimum atomic E-state index is -1.05. The minimum absolute atomic E-state index is 0.0765. The Morgan fingerprint density at radius 3 is 2.72 bits per heavy atom. The van der Waals surface area contributed by atoms with Crippen molar-refractivity contribution in [1.29, 1.82) is 0 Å². The van der Waals surface area contributed by atoms with Gasteiger partial charge >= 0.3 is 5.97 Å². The van der Waals surface area contributed by atoms with E-state index in [9.17, 15) is 4.79 Å². The van der Waals surface area contributed by atoms with Gasteiger partial charge in [-0.2, -0.15) is 5.10 Å². The van der Waals surface area contributed by atoms with E-state index in [-0.39, 0.29) is 11.3 Å². The topological polar surface area (TPSA) is 77.2 Å². The molecule has 0 atom stereocenters. The molecule has 0 bridgehead atoms. The van der Waals surface area contributed by atoms with E-state index in [0.717, 1.165) is 5.69 Å². The maximum absolute atomic E-state index is 11.1. The van der Waals surface area contributed by atoms with E-state index >= 15 is 0 Å². The van der Waals surface area contributed by atoms with Crippen LogP contribution in [0.2, 0.25) is 0 Å². The molecule has 0 aliphatic rings. The van der Waals surface area contributed by atoms with Gasteiger partial charge in [-0.25, -0.2) is 4.79 Å². The Kier molecular flexibility index (Phi) is 3.01. The van der Waals surface area contributed by atoms with Crippen LogP contribution in [0, 0.1) is 13.8 Å². The quantitative estimate of drug-likeness (QED) is 0.896. The average molecular weight is 247 g/mol. The predicted octanol–water partition coefficient (Wildman–Crippen LogP) is 1.92. The van der Waals surface area contributed by atoms with Crippen LogP contribution in [0.25, 0.3) is 0 Å². The molecule has 0 fully saturated rings. The number of hydrogen-bond acceptors (Lipinski definition) is 4. The number of nitrogens with zero attached hydrogens (tertiary/aromatic N) is 3. The number of rotatable bonds is 3. The van der Waals surface area contributed by atoms with Gasteiger partial charge in [0.05, 0.1) is 11.9 Å². The highest BCUT2D eigenvalue weighted by molar-refractivity contribution is 5.90. The summed E-state index contributed by atoms with van der Waals surface area (Å²) in [5.41, 5.74) is 1.61. The highest BCUT2D eigenvalue weighted by Crippen LogP contribution is 2.29. The number of carbonyl (C=O) groups is 1. The Morgan fingerprint density at radius 2 is 2.17 bits per heavy atom. The lowest BCUT2D eigenvalue weighted by Crippen LogP contribution is -2.01. The zero-order valence-corrected chi connectivity index (χ0v) is 10.3. The smallest absolute Gasteiger partial charge is 0.339 e. The van der Waals surface area contributed by atoms with Crippen LogP contribution < -0.4 is 4.74 Å². The molecular weight excluding hydrogens is 234 g/mol. The molecular formula is C12H13N3O3. The third kappa shape index (κ3) is 2.04. The van der Waals surface area contributed by atoms with Crippen LogP contribution >= 0.6 is 0 Å². The number of aromatic carboxylic acids is 1. The highest BCUT2D eigenvalue weighted by atomic mass is 16.5. The number of pyridine rings is 1. The fourth-order valence-electron chi connectivity index (χ4n) is 1.65. The third-order valence-corrected chi connectivity index (χ3v) is 2.67. The summed E-state index contributed by atoms with van der Waals surface area (Å²) < 4.78 is 7.31. The molecule has 18 heavy (non-hydrogen) atoms. The average Bonchev–Trinajstić information content (AvgIpc) is 2.56. The maximum atomic E-state index is 11.1. The van der Waals surface area contributed by atoms with Crippen LogP contribution in [0.4, 0.5) is 0 Å². The van der Waals surface area contributed by atoms with Gasteiger partial charge in [0.25, 0.3) is 0 Å². The molecule has 2 rings (SSSR count). The summed E-state index contributed by atoms with van der Waals surface area (Å²) in [4.78, 5) is 14.9. The minimum Gasteiger partial charge on any atom is -0.478 e. The summed E-state index contributed by atoms with van der Waals surface area (Å²) in [7, 11) is 1.80. The van der Waals surface area contributed by atoms with Gasteiger partial charge in [-0.05, 0) is 19.9 Å². The Bertz CT molecular complexity index is 605. The van der Waals surface area contributed by atoms with E-state index in [4.69, 9.17) is 9.84 Å². The second kappa shape index (κ2) is 4.48. The van der Waals surface area contributed by atoms with E-state index in [2.05, 4.69) is 10.1 Å². The van der Waals surface area contributed by atoms with Crippen molar-refractivity contribution in [1.82, 2.24) is 14.8 Å².